The largest absolute Gasteiger partial charge is 0.462 e. The van der Waals surface area contributed by atoms with Crippen molar-refractivity contribution in [1.29, 1.82) is 0 Å². The van der Waals surface area contributed by atoms with Crippen molar-refractivity contribution in [3.63, 3.8) is 0 Å². The Morgan fingerprint density at radius 3 is 3.04 bits per heavy atom. The molecule has 7 heteroatoms. The SMILES string of the molecule is CCOC(=O)c1cnc2c(c1)C(C=Nc1cccc(CO)c1)C(=O)N2. The Bertz CT molecular complexity index is 848. The zero-order chi connectivity index (χ0) is 17.8. The first-order valence-corrected chi connectivity index (χ1v) is 7.84. The molecule has 0 fully saturated rings. The highest BCUT2D eigenvalue weighted by Gasteiger charge is 2.31. The van der Waals surface area contributed by atoms with E-state index in [4.69, 9.17) is 4.74 Å². The van der Waals surface area contributed by atoms with Crippen molar-refractivity contribution in [1.82, 2.24) is 4.98 Å². The van der Waals surface area contributed by atoms with Crippen LogP contribution < -0.4 is 5.32 Å². The second kappa shape index (κ2) is 7.23. The van der Waals surface area contributed by atoms with Crippen molar-refractivity contribution in [2.24, 2.45) is 4.99 Å². The van der Waals surface area contributed by atoms with E-state index in [1.54, 1.807) is 37.3 Å². The summed E-state index contributed by atoms with van der Waals surface area (Å²) >= 11 is 0. The Balaban J connectivity index is 1.88. The number of anilines is 1. The number of rotatable bonds is 5. The molecule has 2 aromatic rings. The maximum Gasteiger partial charge on any atom is 0.339 e. The topological polar surface area (TPSA) is 101 Å². The molecule has 2 heterocycles. The van der Waals surface area contributed by atoms with Crippen molar-refractivity contribution in [3.05, 3.63) is 53.2 Å². The number of ether oxygens (including phenoxy) is 1. The molecule has 0 radical (unpaired) electrons. The highest BCUT2D eigenvalue weighted by atomic mass is 16.5. The minimum Gasteiger partial charge on any atom is -0.462 e. The molecule has 1 unspecified atom stereocenters. The summed E-state index contributed by atoms with van der Waals surface area (Å²) in [5.41, 5.74) is 2.23. The first-order chi connectivity index (χ1) is 12.1. The lowest BCUT2D eigenvalue weighted by Gasteiger charge is -2.05. The van der Waals surface area contributed by atoms with Crippen LogP contribution in [-0.2, 0) is 16.1 Å². The molecule has 0 saturated heterocycles. The zero-order valence-corrected chi connectivity index (χ0v) is 13.6. The Hall–Kier alpha value is -3.06. The maximum atomic E-state index is 12.2. The molecule has 3 rings (SSSR count). The van der Waals surface area contributed by atoms with Crippen LogP contribution in [-0.4, -0.2) is 34.8 Å². The van der Waals surface area contributed by atoms with Gasteiger partial charge in [-0.1, -0.05) is 12.1 Å². The summed E-state index contributed by atoms with van der Waals surface area (Å²) in [5.74, 6) is -0.970. The molecule has 1 aliphatic rings. The third-order valence-electron chi connectivity index (χ3n) is 3.75. The number of benzene rings is 1. The molecule has 1 aromatic carbocycles. The van der Waals surface area contributed by atoms with Crippen LogP contribution >= 0.6 is 0 Å². The highest BCUT2D eigenvalue weighted by molar-refractivity contribution is 6.12. The second-order valence-corrected chi connectivity index (χ2v) is 5.46. The summed E-state index contributed by atoms with van der Waals surface area (Å²) in [6.45, 7) is 1.90. The molecule has 7 nitrogen and oxygen atoms in total. The number of amides is 1. The van der Waals surface area contributed by atoms with Gasteiger partial charge in [0.2, 0.25) is 5.91 Å². The third kappa shape index (κ3) is 3.56. The minimum atomic E-state index is -0.644. The predicted octanol–water partition coefficient (Wildman–Crippen LogP) is 2.19. The summed E-state index contributed by atoms with van der Waals surface area (Å²) in [6.07, 6.45) is 2.88. The van der Waals surface area contributed by atoms with Gasteiger partial charge in [-0.2, -0.15) is 0 Å². The van der Waals surface area contributed by atoms with Crippen molar-refractivity contribution in [2.75, 3.05) is 11.9 Å². The van der Waals surface area contributed by atoms with Crippen molar-refractivity contribution >= 4 is 29.6 Å². The number of pyridine rings is 1. The molecule has 0 aliphatic carbocycles. The van der Waals surface area contributed by atoms with Gasteiger partial charge in [-0.15, -0.1) is 0 Å². The van der Waals surface area contributed by atoms with Crippen LogP contribution in [0.4, 0.5) is 11.5 Å². The lowest BCUT2D eigenvalue weighted by molar-refractivity contribution is -0.115. The number of esters is 1. The number of fused-ring (bicyclic) bond motifs is 1. The first kappa shape index (κ1) is 16.8. The van der Waals surface area contributed by atoms with Crippen LogP contribution in [0, 0.1) is 0 Å². The Kier molecular flexibility index (Phi) is 4.85. The number of aliphatic hydroxyl groups excluding tert-OH is 1. The van der Waals surface area contributed by atoms with Gasteiger partial charge < -0.3 is 15.2 Å². The van der Waals surface area contributed by atoms with Crippen LogP contribution in [0.15, 0.2) is 41.5 Å². The summed E-state index contributed by atoms with van der Waals surface area (Å²) in [7, 11) is 0. The molecular formula is C18H17N3O4. The van der Waals surface area contributed by atoms with Crippen LogP contribution in [0.1, 0.15) is 34.3 Å². The fourth-order valence-corrected chi connectivity index (χ4v) is 2.53. The number of carbonyl (C=O) groups excluding carboxylic acids is 2. The van der Waals surface area contributed by atoms with Crippen LogP contribution in [0.25, 0.3) is 0 Å². The smallest absolute Gasteiger partial charge is 0.339 e. The van der Waals surface area contributed by atoms with Gasteiger partial charge in [-0.05, 0) is 30.7 Å². The molecule has 1 aliphatic heterocycles. The number of nitrogens with zero attached hydrogens (tertiary/aromatic N) is 2. The summed E-state index contributed by atoms with van der Waals surface area (Å²) in [6, 6.07) is 8.67. The van der Waals surface area contributed by atoms with E-state index < -0.39 is 11.9 Å². The molecule has 2 N–H and O–H groups in total. The Labute approximate surface area is 144 Å². The van der Waals surface area contributed by atoms with Gasteiger partial charge in [-0.3, -0.25) is 9.79 Å². The van der Waals surface area contributed by atoms with Crippen LogP contribution in [0.5, 0.6) is 0 Å². The number of hydrogen-bond donors (Lipinski definition) is 2. The normalized spacial score (nSPS) is 15.9. The van der Waals surface area contributed by atoms with E-state index in [0.717, 1.165) is 5.56 Å². The number of aliphatic hydroxyl groups is 1. The van der Waals surface area contributed by atoms with Crippen LogP contribution in [0.3, 0.4) is 0 Å². The standard InChI is InChI=1S/C18H17N3O4/c1-2-25-18(24)12-7-14-15(17(23)21-16(14)20-8-12)9-19-13-5-3-4-11(6-13)10-22/h3-9,15,22H,2,10H2,1H3,(H,20,21,23). The summed E-state index contributed by atoms with van der Waals surface area (Å²) in [5, 5.41) is 11.8. The number of hydrogen-bond acceptors (Lipinski definition) is 6. The van der Waals surface area contributed by atoms with E-state index in [9.17, 15) is 14.7 Å². The molecular weight excluding hydrogens is 322 g/mol. The predicted molar refractivity (Wildman–Crippen MR) is 92.1 cm³/mol. The molecule has 128 valence electrons. The van der Waals surface area contributed by atoms with Gasteiger partial charge in [0.05, 0.1) is 24.5 Å². The van der Waals surface area contributed by atoms with Gasteiger partial charge in [0, 0.05) is 18.0 Å². The quantitative estimate of drug-likeness (QED) is 0.642. The zero-order valence-electron chi connectivity index (χ0n) is 13.6. The van der Waals surface area contributed by atoms with E-state index >= 15 is 0 Å². The monoisotopic (exact) mass is 339 g/mol. The maximum absolute atomic E-state index is 12.2. The number of aliphatic imine (C=N–C) groups is 1. The molecule has 0 saturated carbocycles. The van der Waals surface area contributed by atoms with E-state index in [1.807, 2.05) is 0 Å². The number of aromatic nitrogens is 1. The molecule has 0 spiro atoms. The first-order valence-electron chi connectivity index (χ1n) is 7.84. The van der Waals surface area contributed by atoms with Crippen molar-refractivity contribution in [3.8, 4) is 0 Å². The molecule has 1 amide bonds. The average Bonchev–Trinajstić information content (AvgIpc) is 2.94. The third-order valence-corrected chi connectivity index (χ3v) is 3.75. The second-order valence-electron chi connectivity index (χ2n) is 5.46. The van der Waals surface area contributed by atoms with Gasteiger partial charge in [0.25, 0.3) is 0 Å². The number of carbonyl (C=O) groups is 2. The van der Waals surface area contributed by atoms with Crippen molar-refractivity contribution in [2.45, 2.75) is 19.4 Å². The highest BCUT2D eigenvalue weighted by Crippen LogP contribution is 2.31. The fourth-order valence-electron chi connectivity index (χ4n) is 2.53. The van der Waals surface area contributed by atoms with Gasteiger partial charge >= 0.3 is 5.97 Å². The molecule has 1 atom stereocenters. The molecule has 0 bridgehead atoms. The molecule has 25 heavy (non-hydrogen) atoms. The minimum absolute atomic E-state index is 0.0804. The van der Waals surface area contributed by atoms with E-state index in [2.05, 4.69) is 15.3 Å². The fraction of sp³-hybridized carbons (Fsp3) is 0.222. The van der Waals surface area contributed by atoms with Gasteiger partial charge in [0.1, 0.15) is 11.7 Å². The van der Waals surface area contributed by atoms with E-state index in [0.29, 0.717) is 17.1 Å². The Morgan fingerprint density at radius 2 is 2.28 bits per heavy atom. The van der Waals surface area contributed by atoms with Gasteiger partial charge in [-0.25, -0.2) is 9.78 Å². The van der Waals surface area contributed by atoms with Crippen molar-refractivity contribution < 1.29 is 19.4 Å². The van der Waals surface area contributed by atoms with E-state index in [-0.39, 0.29) is 24.7 Å². The van der Waals surface area contributed by atoms with Crippen LogP contribution in [0.2, 0.25) is 0 Å². The molecule has 1 aromatic heterocycles. The average molecular weight is 339 g/mol. The number of nitrogens with one attached hydrogen (secondary N) is 1. The van der Waals surface area contributed by atoms with E-state index in [1.165, 1.54) is 12.4 Å². The Morgan fingerprint density at radius 1 is 1.44 bits per heavy atom. The summed E-state index contributed by atoms with van der Waals surface area (Å²) in [4.78, 5) is 32.5. The lowest BCUT2D eigenvalue weighted by Crippen LogP contribution is -2.13. The van der Waals surface area contributed by atoms with Gasteiger partial charge in [0.15, 0.2) is 0 Å². The lowest BCUT2D eigenvalue weighted by atomic mass is 10.0. The summed E-state index contributed by atoms with van der Waals surface area (Å²) < 4.78 is 4.96.